The van der Waals surface area contributed by atoms with E-state index in [0.717, 1.165) is 6.54 Å². The fourth-order valence-electron chi connectivity index (χ4n) is 1.40. The lowest BCUT2D eigenvalue weighted by Crippen LogP contribution is -2.54. The normalized spacial score (nSPS) is 24.6. The van der Waals surface area contributed by atoms with Gasteiger partial charge in [0.15, 0.2) is 0 Å². The Morgan fingerprint density at radius 3 is 2.83 bits per heavy atom. The third kappa shape index (κ3) is 2.11. The van der Waals surface area contributed by atoms with E-state index >= 15 is 0 Å². The van der Waals surface area contributed by atoms with Crippen molar-refractivity contribution in [2.24, 2.45) is 5.92 Å². The Labute approximate surface area is 72.6 Å². The Morgan fingerprint density at radius 1 is 1.67 bits per heavy atom. The standard InChI is InChI=1S/C8H16N2O2/c1-6(2)7-5-10(8(11)12)4-3-9-7/h6-7,9H,3-5H2,1-2H3,(H,11,12). The zero-order chi connectivity index (χ0) is 9.14. The molecule has 4 heteroatoms. The van der Waals surface area contributed by atoms with E-state index in [0.29, 0.717) is 25.0 Å². The number of nitrogens with zero attached hydrogens (tertiary/aromatic N) is 1. The van der Waals surface area contributed by atoms with Gasteiger partial charge in [0.25, 0.3) is 0 Å². The number of carbonyl (C=O) groups is 1. The van der Waals surface area contributed by atoms with Gasteiger partial charge in [-0.1, -0.05) is 13.8 Å². The van der Waals surface area contributed by atoms with E-state index in [1.54, 1.807) is 0 Å². The maximum atomic E-state index is 10.6. The Morgan fingerprint density at radius 2 is 2.33 bits per heavy atom. The van der Waals surface area contributed by atoms with Crippen LogP contribution in [-0.4, -0.2) is 41.8 Å². The summed E-state index contributed by atoms with van der Waals surface area (Å²) in [4.78, 5) is 12.1. The maximum absolute atomic E-state index is 10.6. The van der Waals surface area contributed by atoms with E-state index in [1.807, 2.05) is 0 Å². The van der Waals surface area contributed by atoms with Crippen molar-refractivity contribution >= 4 is 6.09 Å². The number of nitrogens with one attached hydrogen (secondary N) is 1. The molecule has 0 aliphatic carbocycles. The predicted octanol–water partition coefficient (Wildman–Crippen LogP) is 0.594. The molecule has 4 nitrogen and oxygen atoms in total. The summed E-state index contributed by atoms with van der Waals surface area (Å²) in [7, 11) is 0. The van der Waals surface area contributed by atoms with Gasteiger partial charge in [-0.2, -0.15) is 0 Å². The highest BCUT2D eigenvalue weighted by molar-refractivity contribution is 5.65. The van der Waals surface area contributed by atoms with E-state index in [4.69, 9.17) is 5.11 Å². The first-order valence-electron chi connectivity index (χ1n) is 4.32. The molecule has 1 unspecified atom stereocenters. The number of carboxylic acid groups (broad SMARTS) is 1. The quantitative estimate of drug-likeness (QED) is 0.608. The van der Waals surface area contributed by atoms with Crippen molar-refractivity contribution in [2.45, 2.75) is 19.9 Å². The molecule has 0 radical (unpaired) electrons. The minimum atomic E-state index is -0.804. The summed E-state index contributed by atoms with van der Waals surface area (Å²) < 4.78 is 0. The molecule has 0 saturated carbocycles. The van der Waals surface area contributed by atoms with Crippen molar-refractivity contribution in [1.82, 2.24) is 10.2 Å². The third-order valence-electron chi connectivity index (χ3n) is 2.28. The lowest BCUT2D eigenvalue weighted by Gasteiger charge is -2.33. The second-order valence-corrected chi connectivity index (χ2v) is 3.53. The summed E-state index contributed by atoms with van der Waals surface area (Å²) in [6.07, 6.45) is -0.804. The topological polar surface area (TPSA) is 52.6 Å². The lowest BCUT2D eigenvalue weighted by atomic mass is 10.0. The van der Waals surface area contributed by atoms with Gasteiger partial charge in [-0.25, -0.2) is 4.79 Å². The molecule has 70 valence electrons. The average molecular weight is 172 g/mol. The first-order valence-corrected chi connectivity index (χ1v) is 4.32. The van der Waals surface area contributed by atoms with Crippen LogP contribution in [0, 0.1) is 5.92 Å². The van der Waals surface area contributed by atoms with Crippen LogP contribution in [0.4, 0.5) is 4.79 Å². The summed E-state index contributed by atoms with van der Waals surface area (Å²) in [5.74, 6) is 0.493. The second kappa shape index (κ2) is 3.76. The summed E-state index contributed by atoms with van der Waals surface area (Å²) in [6, 6.07) is 0.315. The highest BCUT2D eigenvalue weighted by Gasteiger charge is 2.24. The number of hydrogen-bond acceptors (Lipinski definition) is 2. The minimum absolute atomic E-state index is 0.315. The summed E-state index contributed by atoms with van der Waals surface area (Å²) in [5, 5.41) is 12.0. The van der Waals surface area contributed by atoms with Gasteiger partial charge in [-0.15, -0.1) is 0 Å². The van der Waals surface area contributed by atoms with Gasteiger partial charge in [0.05, 0.1) is 0 Å². The highest BCUT2D eigenvalue weighted by atomic mass is 16.4. The van der Waals surface area contributed by atoms with Gasteiger partial charge in [-0.3, -0.25) is 0 Å². The van der Waals surface area contributed by atoms with Crippen LogP contribution in [0.3, 0.4) is 0 Å². The molecule has 1 heterocycles. The van der Waals surface area contributed by atoms with Gasteiger partial charge in [0, 0.05) is 25.7 Å². The number of amides is 1. The highest BCUT2D eigenvalue weighted by Crippen LogP contribution is 2.07. The second-order valence-electron chi connectivity index (χ2n) is 3.53. The number of rotatable bonds is 1. The third-order valence-corrected chi connectivity index (χ3v) is 2.28. The first kappa shape index (κ1) is 9.32. The van der Waals surface area contributed by atoms with Gasteiger partial charge in [0.2, 0.25) is 0 Å². The monoisotopic (exact) mass is 172 g/mol. The van der Waals surface area contributed by atoms with Crippen LogP contribution in [0.1, 0.15) is 13.8 Å². The Hall–Kier alpha value is -0.770. The van der Waals surface area contributed by atoms with Crippen LogP contribution in [0.25, 0.3) is 0 Å². The summed E-state index contributed by atoms with van der Waals surface area (Å²) in [6.45, 7) is 6.20. The fraction of sp³-hybridized carbons (Fsp3) is 0.875. The van der Waals surface area contributed by atoms with Crippen molar-refractivity contribution < 1.29 is 9.90 Å². The Kier molecular flexibility index (Phi) is 2.92. The SMILES string of the molecule is CC(C)C1CN(C(=O)O)CCN1. The van der Waals surface area contributed by atoms with Gasteiger partial charge in [0.1, 0.15) is 0 Å². The van der Waals surface area contributed by atoms with Crippen LogP contribution in [0.15, 0.2) is 0 Å². The largest absolute Gasteiger partial charge is 0.465 e. The zero-order valence-corrected chi connectivity index (χ0v) is 7.58. The Bertz CT molecular complexity index is 170. The molecule has 2 N–H and O–H groups in total. The molecular formula is C8H16N2O2. The summed E-state index contributed by atoms with van der Waals surface area (Å²) >= 11 is 0. The maximum Gasteiger partial charge on any atom is 0.407 e. The molecule has 1 fully saturated rings. The first-order chi connectivity index (χ1) is 5.61. The minimum Gasteiger partial charge on any atom is -0.465 e. The molecular weight excluding hydrogens is 156 g/mol. The van der Waals surface area contributed by atoms with Gasteiger partial charge < -0.3 is 15.3 Å². The number of piperazine rings is 1. The van der Waals surface area contributed by atoms with E-state index in [2.05, 4.69) is 19.2 Å². The fourth-order valence-corrected chi connectivity index (χ4v) is 1.40. The van der Waals surface area contributed by atoms with E-state index in [-0.39, 0.29) is 0 Å². The molecule has 1 aliphatic heterocycles. The van der Waals surface area contributed by atoms with E-state index in [1.165, 1.54) is 4.90 Å². The van der Waals surface area contributed by atoms with Crippen molar-refractivity contribution in [3.05, 3.63) is 0 Å². The number of hydrogen-bond donors (Lipinski definition) is 2. The molecule has 0 aromatic rings. The van der Waals surface area contributed by atoms with Crippen LogP contribution in [0.5, 0.6) is 0 Å². The molecule has 1 amide bonds. The van der Waals surface area contributed by atoms with Crippen LogP contribution in [0.2, 0.25) is 0 Å². The molecule has 0 bridgehead atoms. The molecule has 1 atom stereocenters. The smallest absolute Gasteiger partial charge is 0.407 e. The molecule has 1 rings (SSSR count). The lowest BCUT2D eigenvalue weighted by molar-refractivity contribution is 0.122. The van der Waals surface area contributed by atoms with Gasteiger partial charge >= 0.3 is 6.09 Å². The molecule has 0 spiro atoms. The van der Waals surface area contributed by atoms with Crippen molar-refractivity contribution in [3.8, 4) is 0 Å². The van der Waals surface area contributed by atoms with E-state index in [9.17, 15) is 4.79 Å². The average Bonchev–Trinajstić information content (AvgIpc) is 2.04. The molecule has 1 aliphatic rings. The molecule has 12 heavy (non-hydrogen) atoms. The predicted molar refractivity (Wildman–Crippen MR) is 46.2 cm³/mol. The molecule has 0 aromatic heterocycles. The van der Waals surface area contributed by atoms with Crippen LogP contribution >= 0.6 is 0 Å². The van der Waals surface area contributed by atoms with Crippen LogP contribution in [-0.2, 0) is 0 Å². The van der Waals surface area contributed by atoms with Gasteiger partial charge in [-0.05, 0) is 5.92 Å². The zero-order valence-electron chi connectivity index (χ0n) is 7.58. The van der Waals surface area contributed by atoms with Crippen molar-refractivity contribution in [1.29, 1.82) is 0 Å². The Balaban J connectivity index is 2.46. The molecule has 1 saturated heterocycles. The van der Waals surface area contributed by atoms with E-state index < -0.39 is 6.09 Å². The van der Waals surface area contributed by atoms with Crippen molar-refractivity contribution in [3.63, 3.8) is 0 Å². The molecule has 0 aromatic carbocycles. The van der Waals surface area contributed by atoms with Crippen molar-refractivity contribution in [2.75, 3.05) is 19.6 Å². The summed E-state index contributed by atoms with van der Waals surface area (Å²) in [5.41, 5.74) is 0. The van der Waals surface area contributed by atoms with Crippen LogP contribution < -0.4 is 5.32 Å².